The zero-order chi connectivity index (χ0) is 19.2. The van der Waals surface area contributed by atoms with Crippen molar-refractivity contribution in [3.8, 4) is 17.3 Å². The monoisotopic (exact) mass is 378 g/mol. The molecule has 4 rings (SSSR count). The fourth-order valence-electron chi connectivity index (χ4n) is 3.34. The van der Waals surface area contributed by atoms with Crippen molar-refractivity contribution >= 4 is 16.6 Å². The van der Waals surface area contributed by atoms with Crippen molar-refractivity contribution in [2.24, 2.45) is 5.73 Å². The number of ether oxygens (including phenoxy) is 1. The van der Waals surface area contributed by atoms with Crippen molar-refractivity contribution in [2.45, 2.75) is 38.5 Å². The van der Waals surface area contributed by atoms with E-state index in [4.69, 9.17) is 14.9 Å². The number of nitrogens with zero attached hydrogens (tertiary/aromatic N) is 3. The average molecular weight is 378 g/mol. The predicted octanol–water partition coefficient (Wildman–Crippen LogP) is 4.82. The van der Waals surface area contributed by atoms with Crippen molar-refractivity contribution in [3.05, 3.63) is 48.7 Å². The molecule has 3 heterocycles. The molecule has 0 aliphatic heterocycles. The number of fused-ring (bicyclic) bond motifs is 2. The van der Waals surface area contributed by atoms with Gasteiger partial charge < -0.3 is 14.9 Å². The number of imidazole rings is 1. The number of hydrogen-bond acceptors (Lipinski definition) is 5. The van der Waals surface area contributed by atoms with Crippen LogP contribution in [0.25, 0.3) is 28.1 Å². The van der Waals surface area contributed by atoms with Gasteiger partial charge in [0, 0.05) is 11.5 Å². The summed E-state index contributed by atoms with van der Waals surface area (Å²) in [4.78, 5) is 4.43. The lowest BCUT2D eigenvalue weighted by molar-refractivity contribution is 0.289. The maximum absolute atomic E-state index is 5.96. The third kappa shape index (κ3) is 4.17. The van der Waals surface area contributed by atoms with E-state index in [1.807, 2.05) is 42.5 Å². The third-order valence-electron chi connectivity index (χ3n) is 4.86. The Morgan fingerprint density at radius 3 is 2.64 bits per heavy atom. The highest BCUT2D eigenvalue weighted by Crippen LogP contribution is 2.28. The second-order valence-electron chi connectivity index (χ2n) is 6.99. The normalized spacial score (nSPS) is 11.5. The molecule has 0 unspecified atom stereocenters. The van der Waals surface area contributed by atoms with Crippen LogP contribution in [0.2, 0.25) is 0 Å². The Balaban J connectivity index is 1.40. The van der Waals surface area contributed by atoms with Crippen molar-refractivity contribution < 1.29 is 9.15 Å². The molecule has 2 N–H and O–H groups in total. The molecule has 0 amide bonds. The fourth-order valence-corrected chi connectivity index (χ4v) is 3.34. The van der Waals surface area contributed by atoms with E-state index in [1.54, 1.807) is 10.7 Å². The second kappa shape index (κ2) is 8.89. The van der Waals surface area contributed by atoms with Crippen LogP contribution >= 0.6 is 0 Å². The predicted molar refractivity (Wildman–Crippen MR) is 110 cm³/mol. The summed E-state index contributed by atoms with van der Waals surface area (Å²) in [7, 11) is 0. The molecule has 0 saturated carbocycles. The summed E-state index contributed by atoms with van der Waals surface area (Å²) in [5.41, 5.74) is 7.95. The molecule has 0 radical (unpaired) electrons. The van der Waals surface area contributed by atoms with Gasteiger partial charge in [-0.3, -0.25) is 0 Å². The van der Waals surface area contributed by atoms with Crippen LogP contribution in [0.15, 0.2) is 53.1 Å². The van der Waals surface area contributed by atoms with Crippen molar-refractivity contribution in [1.82, 2.24) is 14.6 Å². The Morgan fingerprint density at radius 2 is 1.79 bits per heavy atom. The fraction of sp³-hybridized carbons (Fsp3) is 0.364. The lowest BCUT2D eigenvalue weighted by Gasteiger charge is -2.06. The van der Waals surface area contributed by atoms with Crippen LogP contribution in [-0.2, 0) is 0 Å². The summed E-state index contributed by atoms with van der Waals surface area (Å²) >= 11 is 0. The van der Waals surface area contributed by atoms with Gasteiger partial charge in [-0.2, -0.15) is 0 Å². The first-order valence-electron chi connectivity index (χ1n) is 10.0. The summed E-state index contributed by atoms with van der Waals surface area (Å²) in [5.74, 6) is 1.35. The van der Waals surface area contributed by atoms with E-state index >= 15 is 0 Å². The van der Waals surface area contributed by atoms with E-state index in [1.165, 1.54) is 25.7 Å². The Kier molecular flexibility index (Phi) is 5.87. The molecule has 0 spiro atoms. The Labute approximate surface area is 164 Å². The molecular formula is C22H26N4O2. The maximum Gasteiger partial charge on any atom is 0.231 e. The molecule has 0 saturated heterocycles. The van der Waals surface area contributed by atoms with Crippen molar-refractivity contribution in [3.63, 3.8) is 0 Å². The van der Waals surface area contributed by atoms with Gasteiger partial charge in [0.15, 0.2) is 11.4 Å². The molecule has 0 fully saturated rings. The SMILES string of the molecule is NCCCCCCCCOc1ccc2ncc(-c3cc4ccccc4o3)n2n1. The van der Waals surface area contributed by atoms with Gasteiger partial charge in [-0.15, -0.1) is 5.10 Å². The Morgan fingerprint density at radius 1 is 0.964 bits per heavy atom. The topological polar surface area (TPSA) is 78.6 Å². The number of furan rings is 1. The van der Waals surface area contributed by atoms with E-state index in [-0.39, 0.29) is 0 Å². The minimum atomic E-state index is 0.603. The van der Waals surface area contributed by atoms with Crippen LogP contribution < -0.4 is 10.5 Å². The molecule has 0 bridgehead atoms. The van der Waals surface area contributed by atoms with Gasteiger partial charge in [-0.25, -0.2) is 9.50 Å². The number of nitrogens with two attached hydrogens (primary N) is 1. The average Bonchev–Trinajstić information content (AvgIpc) is 3.33. The zero-order valence-electron chi connectivity index (χ0n) is 16.0. The number of rotatable bonds is 10. The van der Waals surface area contributed by atoms with Gasteiger partial charge in [0.1, 0.15) is 11.3 Å². The number of hydrogen-bond donors (Lipinski definition) is 1. The largest absolute Gasteiger partial charge is 0.477 e. The molecule has 0 atom stereocenters. The summed E-state index contributed by atoms with van der Waals surface area (Å²) in [6.07, 6.45) is 8.81. The molecule has 28 heavy (non-hydrogen) atoms. The molecule has 0 aliphatic carbocycles. The van der Waals surface area contributed by atoms with Crippen LogP contribution in [0, 0.1) is 0 Å². The number of benzene rings is 1. The number of unbranched alkanes of at least 4 members (excludes halogenated alkanes) is 5. The Bertz CT molecular complexity index is 1000. The van der Waals surface area contributed by atoms with E-state index in [2.05, 4.69) is 10.1 Å². The van der Waals surface area contributed by atoms with Crippen LogP contribution in [0.3, 0.4) is 0 Å². The number of para-hydroxylation sites is 1. The van der Waals surface area contributed by atoms with Gasteiger partial charge in [0.25, 0.3) is 0 Å². The van der Waals surface area contributed by atoms with Crippen molar-refractivity contribution in [1.29, 1.82) is 0 Å². The van der Waals surface area contributed by atoms with Gasteiger partial charge in [0.2, 0.25) is 5.88 Å². The molecule has 3 aromatic heterocycles. The first-order valence-corrected chi connectivity index (χ1v) is 10.0. The van der Waals surface area contributed by atoms with E-state index in [0.717, 1.165) is 47.5 Å². The van der Waals surface area contributed by atoms with E-state index < -0.39 is 0 Å². The van der Waals surface area contributed by atoms with Gasteiger partial charge in [-0.05, 0) is 37.6 Å². The first-order chi connectivity index (χ1) is 13.8. The molecule has 0 aliphatic rings. The molecule has 146 valence electrons. The minimum absolute atomic E-state index is 0.603. The summed E-state index contributed by atoms with van der Waals surface area (Å²) < 4.78 is 13.6. The van der Waals surface area contributed by atoms with Gasteiger partial charge in [-0.1, -0.05) is 43.9 Å². The maximum atomic E-state index is 5.96. The lowest BCUT2D eigenvalue weighted by atomic mass is 10.1. The first kappa shape index (κ1) is 18.5. The number of aromatic nitrogens is 3. The van der Waals surface area contributed by atoms with Gasteiger partial charge in [0.05, 0.1) is 12.8 Å². The molecule has 4 aromatic rings. The van der Waals surface area contributed by atoms with Crippen LogP contribution in [0.1, 0.15) is 38.5 Å². The van der Waals surface area contributed by atoms with Crippen LogP contribution in [-0.4, -0.2) is 27.7 Å². The standard InChI is InChI=1S/C22H26N4O2/c23-13-7-3-1-2-4-8-14-27-22-12-11-21-24-16-18(26(21)25-22)20-15-17-9-5-6-10-19(17)28-20/h5-6,9-12,15-16H,1-4,7-8,13-14,23H2. The molecular weight excluding hydrogens is 352 g/mol. The van der Waals surface area contributed by atoms with E-state index in [0.29, 0.717) is 12.5 Å². The molecule has 6 heteroatoms. The quantitative estimate of drug-likeness (QED) is 0.400. The minimum Gasteiger partial charge on any atom is -0.477 e. The summed E-state index contributed by atoms with van der Waals surface area (Å²) in [5, 5.41) is 5.66. The third-order valence-corrected chi connectivity index (χ3v) is 4.86. The van der Waals surface area contributed by atoms with Crippen LogP contribution in [0.5, 0.6) is 5.88 Å². The lowest BCUT2D eigenvalue weighted by Crippen LogP contribution is -2.02. The summed E-state index contributed by atoms with van der Waals surface area (Å²) in [6, 6.07) is 13.8. The smallest absolute Gasteiger partial charge is 0.231 e. The van der Waals surface area contributed by atoms with Crippen molar-refractivity contribution in [2.75, 3.05) is 13.2 Å². The summed E-state index contributed by atoms with van der Waals surface area (Å²) in [6.45, 7) is 1.46. The Hall–Kier alpha value is -2.86. The molecule has 1 aromatic carbocycles. The molecule has 6 nitrogen and oxygen atoms in total. The van der Waals surface area contributed by atoms with Gasteiger partial charge >= 0.3 is 0 Å². The highest BCUT2D eigenvalue weighted by atomic mass is 16.5. The second-order valence-corrected chi connectivity index (χ2v) is 6.99. The highest BCUT2D eigenvalue weighted by molar-refractivity contribution is 5.82. The van der Waals surface area contributed by atoms with Crippen LogP contribution in [0.4, 0.5) is 0 Å². The highest BCUT2D eigenvalue weighted by Gasteiger charge is 2.13. The zero-order valence-corrected chi connectivity index (χ0v) is 16.0. The van der Waals surface area contributed by atoms with E-state index in [9.17, 15) is 0 Å².